The van der Waals surface area contributed by atoms with Gasteiger partial charge in [0.15, 0.2) is 11.5 Å². The maximum absolute atomic E-state index is 6.58. The third-order valence-electron chi connectivity index (χ3n) is 5.83. The summed E-state index contributed by atoms with van der Waals surface area (Å²) in [6, 6.07) is 25.9. The average molecular weight is 535 g/mol. The molecular weight excluding hydrogens is 511 g/mol. The number of ether oxygens (including phenoxy) is 2. The molecule has 0 aliphatic carbocycles. The molecule has 0 spiro atoms. The van der Waals surface area contributed by atoms with E-state index >= 15 is 0 Å². The molecule has 5 rings (SSSR count). The highest BCUT2D eigenvalue weighted by molar-refractivity contribution is 7.21. The predicted molar refractivity (Wildman–Crippen MR) is 151 cm³/mol. The van der Waals surface area contributed by atoms with E-state index in [-0.39, 0.29) is 0 Å². The minimum atomic E-state index is 0.324. The van der Waals surface area contributed by atoms with Gasteiger partial charge in [-0.05, 0) is 66.6 Å². The van der Waals surface area contributed by atoms with Crippen LogP contribution in [0.5, 0.6) is 11.5 Å². The van der Waals surface area contributed by atoms with E-state index in [1.54, 1.807) is 24.5 Å². The van der Waals surface area contributed by atoms with Gasteiger partial charge >= 0.3 is 0 Å². The number of fused-ring (bicyclic) bond motifs is 1. The van der Waals surface area contributed by atoms with Crippen molar-refractivity contribution in [2.45, 2.75) is 20.1 Å². The number of methoxy groups -OCH3 is 1. The molecule has 0 atom stereocenters. The number of rotatable bonds is 8. The number of aromatic nitrogens is 1. The van der Waals surface area contributed by atoms with Crippen LogP contribution >= 0.6 is 34.5 Å². The van der Waals surface area contributed by atoms with Gasteiger partial charge in [0.05, 0.1) is 17.3 Å². The first kappa shape index (κ1) is 24.4. The van der Waals surface area contributed by atoms with Crippen molar-refractivity contribution in [2.24, 2.45) is 0 Å². The van der Waals surface area contributed by atoms with Crippen LogP contribution < -0.4 is 14.8 Å². The molecule has 4 aromatic carbocycles. The van der Waals surface area contributed by atoms with Crippen molar-refractivity contribution >= 4 is 50.4 Å². The molecule has 0 saturated heterocycles. The molecule has 0 aliphatic rings. The number of nitrogens with one attached hydrogen (secondary N) is 1. The number of hydrogen-bond donors (Lipinski definition) is 1. The number of benzene rings is 4. The van der Waals surface area contributed by atoms with E-state index in [0.717, 1.165) is 32.9 Å². The van der Waals surface area contributed by atoms with Gasteiger partial charge in [-0.2, -0.15) is 0 Å². The summed E-state index contributed by atoms with van der Waals surface area (Å²) in [5.41, 5.74) is 6.17. The van der Waals surface area contributed by atoms with Crippen LogP contribution in [0.25, 0.3) is 20.8 Å². The van der Waals surface area contributed by atoms with Crippen molar-refractivity contribution in [3.05, 3.63) is 106 Å². The molecule has 4 nitrogen and oxygen atoms in total. The fraction of sp³-hybridized carbons (Fsp3) is 0.138. The molecule has 7 heteroatoms. The number of anilines is 1. The molecule has 1 N–H and O–H groups in total. The van der Waals surface area contributed by atoms with Crippen molar-refractivity contribution in [2.75, 3.05) is 12.4 Å². The smallest absolute Gasteiger partial charge is 0.163 e. The summed E-state index contributed by atoms with van der Waals surface area (Å²) in [5, 5.41) is 5.71. The number of hydrogen-bond acceptors (Lipinski definition) is 5. The lowest BCUT2D eigenvalue weighted by Crippen LogP contribution is -2.03. The Bertz CT molecular complexity index is 1520. The van der Waals surface area contributed by atoms with Crippen LogP contribution in [0.2, 0.25) is 10.0 Å². The molecule has 0 saturated carbocycles. The fourth-order valence-corrected chi connectivity index (χ4v) is 5.32. The van der Waals surface area contributed by atoms with Gasteiger partial charge in [-0.15, -0.1) is 11.3 Å². The molecule has 0 radical (unpaired) electrons. The summed E-state index contributed by atoms with van der Waals surface area (Å²) in [6.45, 7) is 2.97. The van der Waals surface area contributed by atoms with Gasteiger partial charge in [-0.3, -0.25) is 0 Å². The number of thiazole rings is 1. The average Bonchev–Trinajstić information content (AvgIpc) is 3.31. The summed E-state index contributed by atoms with van der Waals surface area (Å²) < 4.78 is 12.7. The highest BCUT2D eigenvalue weighted by Gasteiger charge is 2.12. The SMILES string of the molecule is COc1cc(CNc2ccc(-c3nc4ccc(C)cc4s3)cc2)c(Cl)cc1OCc1ccccc1Cl. The second-order valence-corrected chi connectivity index (χ2v) is 10.2. The Balaban J connectivity index is 1.26. The molecule has 0 fully saturated rings. The van der Waals surface area contributed by atoms with Crippen LogP contribution in [0.15, 0.2) is 78.9 Å². The van der Waals surface area contributed by atoms with Crippen molar-refractivity contribution in [3.63, 3.8) is 0 Å². The zero-order valence-corrected chi connectivity index (χ0v) is 22.2. The maximum Gasteiger partial charge on any atom is 0.163 e. The van der Waals surface area contributed by atoms with Crippen molar-refractivity contribution in [1.29, 1.82) is 0 Å². The molecule has 5 aromatic rings. The molecule has 1 heterocycles. The van der Waals surface area contributed by atoms with Crippen LogP contribution in [0.4, 0.5) is 5.69 Å². The summed E-state index contributed by atoms with van der Waals surface area (Å²) in [7, 11) is 1.62. The Hall–Kier alpha value is -3.25. The summed E-state index contributed by atoms with van der Waals surface area (Å²) in [4.78, 5) is 4.77. The Morgan fingerprint density at radius 2 is 1.67 bits per heavy atom. The zero-order valence-electron chi connectivity index (χ0n) is 19.8. The van der Waals surface area contributed by atoms with E-state index in [1.165, 1.54) is 10.3 Å². The minimum absolute atomic E-state index is 0.324. The number of halogens is 2. The topological polar surface area (TPSA) is 43.4 Å². The standard InChI is InChI=1S/C29H24Cl2N2O2S/c1-18-7-12-25-28(13-18)36-29(33-25)19-8-10-22(11-9-19)32-16-21-14-26(34-2)27(15-24(21)31)35-17-20-5-3-4-6-23(20)30/h3-15,32H,16-17H2,1-2H3. The largest absolute Gasteiger partial charge is 0.493 e. The van der Waals surface area contributed by atoms with Gasteiger partial charge in [0, 0.05) is 39.5 Å². The van der Waals surface area contributed by atoms with Crippen molar-refractivity contribution < 1.29 is 9.47 Å². The van der Waals surface area contributed by atoms with Crippen LogP contribution in [0.1, 0.15) is 16.7 Å². The monoisotopic (exact) mass is 534 g/mol. The van der Waals surface area contributed by atoms with Gasteiger partial charge in [0.25, 0.3) is 0 Å². The number of nitrogens with zero attached hydrogens (tertiary/aromatic N) is 1. The Morgan fingerprint density at radius 3 is 2.44 bits per heavy atom. The van der Waals surface area contributed by atoms with Crippen LogP contribution in [0, 0.1) is 6.92 Å². The highest BCUT2D eigenvalue weighted by Crippen LogP contribution is 2.35. The second kappa shape index (κ2) is 10.8. The van der Waals surface area contributed by atoms with E-state index in [1.807, 2.05) is 30.3 Å². The summed E-state index contributed by atoms with van der Waals surface area (Å²) in [5.74, 6) is 1.19. The second-order valence-electron chi connectivity index (χ2n) is 8.40. The van der Waals surface area contributed by atoms with Crippen molar-refractivity contribution in [3.8, 4) is 22.1 Å². The molecular formula is C29H24Cl2N2O2S. The Labute approximate surface area is 224 Å². The van der Waals surface area contributed by atoms with Gasteiger partial charge in [0.2, 0.25) is 0 Å². The van der Waals surface area contributed by atoms with Gasteiger partial charge < -0.3 is 14.8 Å². The maximum atomic E-state index is 6.58. The Morgan fingerprint density at radius 1 is 0.861 bits per heavy atom. The molecule has 0 unspecified atom stereocenters. The van der Waals surface area contributed by atoms with E-state index in [2.05, 4.69) is 54.7 Å². The first-order chi connectivity index (χ1) is 17.5. The van der Waals surface area contributed by atoms with Crippen LogP contribution in [-0.2, 0) is 13.2 Å². The number of aryl methyl sites for hydroxylation is 1. The first-order valence-electron chi connectivity index (χ1n) is 11.4. The van der Waals surface area contributed by atoms with E-state index in [0.29, 0.717) is 34.7 Å². The van der Waals surface area contributed by atoms with Crippen LogP contribution in [-0.4, -0.2) is 12.1 Å². The van der Waals surface area contributed by atoms with E-state index < -0.39 is 0 Å². The molecule has 0 aliphatic heterocycles. The van der Waals surface area contributed by atoms with E-state index in [4.69, 9.17) is 37.7 Å². The highest BCUT2D eigenvalue weighted by atomic mass is 35.5. The van der Waals surface area contributed by atoms with Gasteiger partial charge in [-0.25, -0.2) is 4.98 Å². The molecule has 0 bridgehead atoms. The fourth-order valence-electron chi connectivity index (χ4n) is 3.84. The summed E-state index contributed by atoms with van der Waals surface area (Å²) >= 11 is 14.5. The molecule has 0 amide bonds. The third kappa shape index (κ3) is 5.44. The Kier molecular flexibility index (Phi) is 7.33. The van der Waals surface area contributed by atoms with E-state index in [9.17, 15) is 0 Å². The lowest BCUT2D eigenvalue weighted by molar-refractivity contribution is 0.284. The zero-order chi connectivity index (χ0) is 25.1. The molecule has 182 valence electrons. The molecule has 36 heavy (non-hydrogen) atoms. The summed E-state index contributed by atoms with van der Waals surface area (Å²) in [6.07, 6.45) is 0. The van der Waals surface area contributed by atoms with Crippen molar-refractivity contribution in [1.82, 2.24) is 4.98 Å². The lowest BCUT2D eigenvalue weighted by atomic mass is 10.1. The van der Waals surface area contributed by atoms with Gasteiger partial charge in [0.1, 0.15) is 11.6 Å². The van der Waals surface area contributed by atoms with Crippen LogP contribution in [0.3, 0.4) is 0 Å². The third-order valence-corrected chi connectivity index (χ3v) is 7.62. The lowest BCUT2D eigenvalue weighted by Gasteiger charge is -2.15. The minimum Gasteiger partial charge on any atom is -0.493 e. The normalized spacial score (nSPS) is 11.0. The first-order valence-corrected chi connectivity index (χ1v) is 13.0. The predicted octanol–water partition coefficient (Wildman–Crippen LogP) is 8.78. The van der Waals surface area contributed by atoms with Gasteiger partial charge in [-0.1, -0.05) is 47.5 Å². The molecule has 1 aromatic heterocycles. The quantitative estimate of drug-likeness (QED) is 0.216.